The maximum absolute atomic E-state index is 9.56. The van der Waals surface area contributed by atoms with E-state index in [0.29, 0.717) is 11.7 Å². The second-order valence-corrected chi connectivity index (χ2v) is 6.34. The Balaban J connectivity index is 3.07. The van der Waals surface area contributed by atoms with Gasteiger partial charge in [0.25, 0.3) is 0 Å². The van der Waals surface area contributed by atoms with Crippen molar-refractivity contribution in [2.45, 2.75) is 46.0 Å². The number of phenolic OH excluding ortho intramolecular Hbond substituents is 1. The first-order chi connectivity index (χ1) is 7.39. The maximum Gasteiger partial charge on any atom is 0.128 e. The molecule has 0 spiro atoms. The largest absolute Gasteiger partial charge is 0.507 e. The predicted octanol–water partition coefficient (Wildman–Crippen LogP) is 4.71. The van der Waals surface area contributed by atoms with E-state index < -0.39 is 0 Å². The third-order valence-corrected chi connectivity index (χ3v) is 4.15. The summed E-state index contributed by atoms with van der Waals surface area (Å²) in [6.07, 6.45) is 2.32. The van der Waals surface area contributed by atoms with Crippen LogP contribution in [0.1, 0.15) is 46.1 Å². The van der Waals surface area contributed by atoms with Gasteiger partial charge in [0, 0.05) is 0 Å². The fourth-order valence-electron chi connectivity index (χ4n) is 2.25. The lowest BCUT2D eigenvalue weighted by Gasteiger charge is -2.31. The van der Waals surface area contributed by atoms with Gasteiger partial charge in [-0.15, -0.1) is 0 Å². The van der Waals surface area contributed by atoms with E-state index in [1.54, 1.807) is 0 Å². The highest BCUT2D eigenvalue weighted by molar-refractivity contribution is 14.1. The van der Waals surface area contributed by atoms with Gasteiger partial charge in [-0.05, 0) is 64.5 Å². The Bertz CT molecular complexity index is 360. The SMILES string of the molecule is CCC(C)(CC(C)C)c1ccc(O)c(I)c1. The lowest BCUT2D eigenvalue weighted by atomic mass is 9.74. The molecule has 1 aromatic rings. The summed E-state index contributed by atoms with van der Waals surface area (Å²) in [6.45, 7) is 9.08. The monoisotopic (exact) mass is 332 g/mol. The molecule has 1 atom stereocenters. The molecule has 0 saturated heterocycles. The van der Waals surface area contributed by atoms with E-state index in [1.165, 1.54) is 12.0 Å². The molecule has 0 saturated carbocycles. The van der Waals surface area contributed by atoms with Gasteiger partial charge < -0.3 is 5.11 Å². The van der Waals surface area contributed by atoms with Crippen molar-refractivity contribution in [1.29, 1.82) is 0 Å². The summed E-state index contributed by atoms with van der Waals surface area (Å²) in [5.41, 5.74) is 1.56. The fraction of sp³-hybridized carbons (Fsp3) is 0.571. The molecule has 0 aliphatic heterocycles. The maximum atomic E-state index is 9.56. The van der Waals surface area contributed by atoms with Gasteiger partial charge in [0.05, 0.1) is 3.57 Å². The van der Waals surface area contributed by atoms with E-state index in [4.69, 9.17) is 0 Å². The molecule has 1 unspecified atom stereocenters. The van der Waals surface area contributed by atoms with Crippen molar-refractivity contribution in [1.82, 2.24) is 0 Å². The molecule has 16 heavy (non-hydrogen) atoms. The molecule has 1 nitrogen and oxygen atoms in total. The molecule has 0 aromatic heterocycles. The predicted molar refractivity (Wildman–Crippen MR) is 77.9 cm³/mol. The van der Waals surface area contributed by atoms with E-state index in [-0.39, 0.29) is 5.41 Å². The van der Waals surface area contributed by atoms with Gasteiger partial charge in [-0.25, -0.2) is 0 Å². The van der Waals surface area contributed by atoms with Crippen LogP contribution in [0, 0.1) is 9.49 Å². The summed E-state index contributed by atoms with van der Waals surface area (Å²) in [7, 11) is 0. The van der Waals surface area contributed by atoms with Crippen molar-refractivity contribution in [3.63, 3.8) is 0 Å². The van der Waals surface area contributed by atoms with Crippen LogP contribution in [-0.2, 0) is 5.41 Å². The minimum absolute atomic E-state index is 0.224. The molecule has 0 radical (unpaired) electrons. The molecule has 1 N–H and O–H groups in total. The van der Waals surface area contributed by atoms with Crippen molar-refractivity contribution in [2.75, 3.05) is 0 Å². The first-order valence-electron chi connectivity index (χ1n) is 5.88. The quantitative estimate of drug-likeness (QED) is 0.792. The van der Waals surface area contributed by atoms with Crippen molar-refractivity contribution >= 4 is 22.6 Å². The summed E-state index contributed by atoms with van der Waals surface area (Å²) in [5, 5.41) is 9.56. The summed E-state index contributed by atoms with van der Waals surface area (Å²) < 4.78 is 0.943. The molecule has 0 bridgehead atoms. The van der Waals surface area contributed by atoms with Gasteiger partial charge in [-0.1, -0.05) is 33.8 Å². The Morgan fingerprint density at radius 1 is 1.38 bits per heavy atom. The fourth-order valence-corrected chi connectivity index (χ4v) is 2.76. The van der Waals surface area contributed by atoms with Gasteiger partial charge >= 0.3 is 0 Å². The van der Waals surface area contributed by atoms with Crippen LogP contribution in [0.25, 0.3) is 0 Å². The number of phenols is 1. The van der Waals surface area contributed by atoms with Gasteiger partial charge in [0.2, 0.25) is 0 Å². The van der Waals surface area contributed by atoms with Crippen LogP contribution in [0.2, 0.25) is 0 Å². The van der Waals surface area contributed by atoms with Gasteiger partial charge in [0.15, 0.2) is 0 Å². The van der Waals surface area contributed by atoms with E-state index in [1.807, 2.05) is 6.07 Å². The summed E-state index contributed by atoms with van der Waals surface area (Å²) in [5.74, 6) is 1.07. The zero-order chi connectivity index (χ0) is 12.3. The van der Waals surface area contributed by atoms with Gasteiger partial charge in [-0.3, -0.25) is 0 Å². The van der Waals surface area contributed by atoms with Crippen LogP contribution in [-0.4, -0.2) is 5.11 Å². The standard InChI is InChI=1S/C14H21IO/c1-5-14(4,9-10(2)3)11-6-7-13(16)12(15)8-11/h6-8,10,16H,5,9H2,1-4H3. The molecule has 1 rings (SSSR count). The number of rotatable bonds is 4. The van der Waals surface area contributed by atoms with Crippen LogP contribution < -0.4 is 0 Å². The molecule has 0 heterocycles. The van der Waals surface area contributed by atoms with Gasteiger partial charge in [-0.2, -0.15) is 0 Å². The van der Waals surface area contributed by atoms with Crippen molar-refractivity contribution < 1.29 is 5.11 Å². The summed E-state index contributed by atoms with van der Waals surface area (Å²) in [6, 6.07) is 5.98. The molecule has 1 aromatic carbocycles. The molecule has 90 valence electrons. The average Bonchev–Trinajstić information content (AvgIpc) is 2.21. The molecule has 2 heteroatoms. The number of hydrogen-bond donors (Lipinski definition) is 1. The number of halogens is 1. The van der Waals surface area contributed by atoms with Crippen LogP contribution in [0.3, 0.4) is 0 Å². The number of aromatic hydroxyl groups is 1. The Labute approximate surface area is 112 Å². The van der Waals surface area contributed by atoms with Crippen LogP contribution >= 0.6 is 22.6 Å². The Morgan fingerprint density at radius 3 is 2.44 bits per heavy atom. The Hall–Kier alpha value is -0.250. The summed E-state index contributed by atoms with van der Waals surface area (Å²) >= 11 is 2.19. The second-order valence-electron chi connectivity index (χ2n) is 5.18. The average molecular weight is 332 g/mol. The Kier molecular flexibility index (Phi) is 4.65. The minimum atomic E-state index is 0.224. The Morgan fingerprint density at radius 2 is 2.00 bits per heavy atom. The van der Waals surface area contributed by atoms with E-state index in [0.717, 1.165) is 9.99 Å². The summed E-state index contributed by atoms with van der Waals surface area (Å²) in [4.78, 5) is 0. The van der Waals surface area contributed by atoms with E-state index in [9.17, 15) is 5.11 Å². The third kappa shape index (κ3) is 3.12. The highest BCUT2D eigenvalue weighted by Crippen LogP contribution is 2.36. The zero-order valence-corrected chi connectivity index (χ0v) is 12.7. The van der Waals surface area contributed by atoms with E-state index >= 15 is 0 Å². The van der Waals surface area contributed by atoms with Crippen LogP contribution in [0.15, 0.2) is 18.2 Å². The highest BCUT2D eigenvalue weighted by Gasteiger charge is 2.26. The van der Waals surface area contributed by atoms with Crippen molar-refractivity contribution in [3.05, 3.63) is 27.3 Å². The zero-order valence-electron chi connectivity index (χ0n) is 10.5. The number of hydrogen-bond acceptors (Lipinski definition) is 1. The molecule has 0 fully saturated rings. The second kappa shape index (κ2) is 5.39. The number of benzene rings is 1. The lowest BCUT2D eigenvalue weighted by Crippen LogP contribution is -2.23. The van der Waals surface area contributed by atoms with Crippen LogP contribution in [0.4, 0.5) is 0 Å². The molecule has 0 amide bonds. The van der Waals surface area contributed by atoms with Crippen LogP contribution in [0.5, 0.6) is 5.75 Å². The normalized spacial score (nSPS) is 15.1. The third-order valence-electron chi connectivity index (χ3n) is 3.28. The molecule has 0 aliphatic rings. The van der Waals surface area contributed by atoms with E-state index in [2.05, 4.69) is 62.4 Å². The van der Waals surface area contributed by atoms with Crippen molar-refractivity contribution in [2.24, 2.45) is 5.92 Å². The molecular formula is C14H21IO. The molecule has 0 aliphatic carbocycles. The van der Waals surface area contributed by atoms with Gasteiger partial charge in [0.1, 0.15) is 5.75 Å². The first-order valence-corrected chi connectivity index (χ1v) is 6.96. The minimum Gasteiger partial charge on any atom is -0.507 e. The first kappa shape index (κ1) is 13.8. The molecular weight excluding hydrogens is 311 g/mol. The highest BCUT2D eigenvalue weighted by atomic mass is 127. The smallest absolute Gasteiger partial charge is 0.128 e. The van der Waals surface area contributed by atoms with Crippen molar-refractivity contribution in [3.8, 4) is 5.75 Å². The topological polar surface area (TPSA) is 20.2 Å². The lowest BCUT2D eigenvalue weighted by molar-refractivity contribution is 0.356.